The van der Waals surface area contributed by atoms with Crippen LogP contribution in [0.15, 0.2) is 54.6 Å². The summed E-state index contributed by atoms with van der Waals surface area (Å²) in [4.78, 5) is 12.7. The molecule has 0 bridgehead atoms. The van der Waals surface area contributed by atoms with Crippen molar-refractivity contribution < 1.29 is 32.2 Å². The second-order valence-electron chi connectivity index (χ2n) is 8.79. The first-order valence-corrected chi connectivity index (χ1v) is 12.3. The number of rotatable bonds is 8. The largest absolute Gasteiger partial charge is 0.494 e. The number of hydrogen-bond donors (Lipinski definition) is 0. The van der Waals surface area contributed by atoms with Crippen molar-refractivity contribution in [3.8, 4) is 28.4 Å². The van der Waals surface area contributed by atoms with Gasteiger partial charge >= 0.3 is 5.97 Å². The molecule has 0 unspecified atom stereocenters. The zero-order valence-electron chi connectivity index (χ0n) is 20.4. The molecule has 4 nitrogen and oxygen atoms in total. The third kappa shape index (κ3) is 5.66. The van der Waals surface area contributed by atoms with E-state index in [1.54, 1.807) is 37.3 Å². The SMILES string of the molecule is CCOc1ccc(-c2ccc(OC(=O)C3CCC(c4ccc(OCC)c(F)c4)CC3)c(F)c2F)cc1. The summed E-state index contributed by atoms with van der Waals surface area (Å²) in [7, 11) is 0. The Morgan fingerprint density at radius 2 is 1.47 bits per heavy atom. The number of halogens is 3. The summed E-state index contributed by atoms with van der Waals surface area (Å²) in [6.45, 7) is 4.55. The maximum Gasteiger partial charge on any atom is 0.314 e. The van der Waals surface area contributed by atoms with Gasteiger partial charge in [-0.3, -0.25) is 4.79 Å². The fourth-order valence-corrected chi connectivity index (χ4v) is 4.63. The van der Waals surface area contributed by atoms with Gasteiger partial charge in [0.25, 0.3) is 0 Å². The zero-order chi connectivity index (χ0) is 25.7. The van der Waals surface area contributed by atoms with Crippen LogP contribution in [0.25, 0.3) is 11.1 Å². The van der Waals surface area contributed by atoms with E-state index in [9.17, 15) is 18.0 Å². The average Bonchev–Trinajstić information content (AvgIpc) is 2.89. The monoisotopic (exact) mass is 498 g/mol. The highest BCUT2D eigenvalue weighted by molar-refractivity contribution is 5.76. The summed E-state index contributed by atoms with van der Waals surface area (Å²) in [5.41, 5.74) is 1.41. The molecule has 3 aromatic rings. The van der Waals surface area contributed by atoms with E-state index >= 15 is 0 Å². The van der Waals surface area contributed by atoms with Gasteiger partial charge in [-0.15, -0.1) is 0 Å². The lowest BCUT2D eigenvalue weighted by molar-refractivity contribution is -0.140. The summed E-state index contributed by atoms with van der Waals surface area (Å²) in [6.07, 6.45) is 2.38. The molecule has 0 spiro atoms. The Morgan fingerprint density at radius 1 is 0.806 bits per heavy atom. The number of carbonyl (C=O) groups excluding carboxylic acids is 1. The van der Waals surface area contributed by atoms with Gasteiger partial charge in [0.1, 0.15) is 5.75 Å². The molecular weight excluding hydrogens is 469 g/mol. The van der Waals surface area contributed by atoms with Crippen molar-refractivity contribution in [2.45, 2.75) is 45.4 Å². The van der Waals surface area contributed by atoms with Crippen molar-refractivity contribution in [1.29, 1.82) is 0 Å². The molecule has 0 aromatic heterocycles. The van der Waals surface area contributed by atoms with Crippen LogP contribution < -0.4 is 14.2 Å². The Labute approximate surface area is 209 Å². The van der Waals surface area contributed by atoms with E-state index in [1.807, 2.05) is 13.0 Å². The van der Waals surface area contributed by atoms with Crippen LogP contribution in [0.3, 0.4) is 0 Å². The predicted molar refractivity (Wildman–Crippen MR) is 131 cm³/mol. The molecule has 0 radical (unpaired) electrons. The molecular formula is C29H29F3O4. The molecule has 1 fully saturated rings. The van der Waals surface area contributed by atoms with Crippen molar-refractivity contribution in [2.75, 3.05) is 13.2 Å². The lowest BCUT2D eigenvalue weighted by Crippen LogP contribution is -2.25. The molecule has 190 valence electrons. The summed E-state index contributed by atoms with van der Waals surface area (Å²) in [5, 5.41) is 0. The number of esters is 1. The molecule has 1 saturated carbocycles. The minimum absolute atomic E-state index is 0.0680. The fraction of sp³-hybridized carbons (Fsp3) is 0.345. The van der Waals surface area contributed by atoms with Gasteiger partial charge in [-0.1, -0.05) is 18.2 Å². The molecule has 1 aliphatic carbocycles. The summed E-state index contributed by atoms with van der Waals surface area (Å²) in [5.74, 6) is -3.15. The molecule has 0 N–H and O–H groups in total. The first-order chi connectivity index (χ1) is 17.4. The van der Waals surface area contributed by atoms with Crippen molar-refractivity contribution in [2.24, 2.45) is 5.92 Å². The van der Waals surface area contributed by atoms with Crippen LogP contribution in [0.5, 0.6) is 17.2 Å². The maximum atomic E-state index is 14.8. The average molecular weight is 499 g/mol. The number of ether oxygens (including phenoxy) is 3. The van der Waals surface area contributed by atoms with Crippen LogP contribution >= 0.6 is 0 Å². The lowest BCUT2D eigenvalue weighted by Gasteiger charge is -2.27. The molecule has 0 atom stereocenters. The van der Waals surface area contributed by atoms with Gasteiger partial charge in [0.05, 0.1) is 19.1 Å². The predicted octanol–water partition coefficient (Wildman–Crippen LogP) is 7.45. The molecule has 36 heavy (non-hydrogen) atoms. The molecule has 4 rings (SSSR count). The maximum absolute atomic E-state index is 14.8. The minimum Gasteiger partial charge on any atom is -0.494 e. The van der Waals surface area contributed by atoms with E-state index in [4.69, 9.17) is 14.2 Å². The van der Waals surface area contributed by atoms with Crippen molar-refractivity contribution in [3.63, 3.8) is 0 Å². The van der Waals surface area contributed by atoms with Crippen LogP contribution in [0.4, 0.5) is 13.2 Å². The lowest BCUT2D eigenvalue weighted by atomic mass is 9.78. The first kappa shape index (κ1) is 25.6. The number of benzene rings is 3. The minimum atomic E-state index is -1.20. The third-order valence-electron chi connectivity index (χ3n) is 6.52. The Balaban J connectivity index is 1.38. The van der Waals surface area contributed by atoms with Gasteiger partial charge in [0.2, 0.25) is 5.82 Å². The molecule has 3 aromatic carbocycles. The van der Waals surface area contributed by atoms with Crippen LogP contribution in [0.2, 0.25) is 0 Å². The van der Waals surface area contributed by atoms with Crippen molar-refractivity contribution >= 4 is 5.97 Å². The standard InChI is InChI=1S/C29H29F3O4/c1-3-34-22-12-9-19(10-13-22)23-14-16-26(28(32)27(23)31)36-29(33)20-7-5-18(6-8-20)21-11-15-25(35-4-2)24(30)17-21/h9-18,20H,3-8H2,1-2H3. The van der Waals surface area contributed by atoms with Crippen molar-refractivity contribution in [1.82, 2.24) is 0 Å². The third-order valence-corrected chi connectivity index (χ3v) is 6.52. The summed E-state index contributed by atoms with van der Waals surface area (Å²) < 4.78 is 59.7. The Morgan fingerprint density at radius 3 is 2.11 bits per heavy atom. The highest BCUT2D eigenvalue weighted by Crippen LogP contribution is 2.38. The molecule has 0 aliphatic heterocycles. The van der Waals surface area contributed by atoms with E-state index in [0.29, 0.717) is 50.2 Å². The van der Waals surface area contributed by atoms with E-state index in [1.165, 1.54) is 18.2 Å². The van der Waals surface area contributed by atoms with Gasteiger partial charge in [-0.05, 0) is 93.0 Å². The van der Waals surface area contributed by atoms with Crippen molar-refractivity contribution in [3.05, 3.63) is 77.6 Å². The van der Waals surface area contributed by atoms with Gasteiger partial charge in [0, 0.05) is 5.56 Å². The molecule has 0 heterocycles. The zero-order valence-corrected chi connectivity index (χ0v) is 20.4. The van der Waals surface area contributed by atoms with Gasteiger partial charge in [-0.25, -0.2) is 8.78 Å². The first-order valence-electron chi connectivity index (χ1n) is 12.3. The number of hydrogen-bond acceptors (Lipinski definition) is 4. The van der Waals surface area contributed by atoms with Crippen LogP contribution in [0.1, 0.15) is 51.0 Å². The van der Waals surface area contributed by atoms with E-state index in [-0.39, 0.29) is 17.2 Å². The van der Waals surface area contributed by atoms with E-state index < -0.39 is 35.1 Å². The summed E-state index contributed by atoms with van der Waals surface area (Å²) >= 11 is 0. The quantitative estimate of drug-likeness (QED) is 0.239. The molecule has 1 aliphatic rings. The highest BCUT2D eigenvalue weighted by Gasteiger charge is 2.30. The second-order valence-corrected chi connectivity index (χ2v) is 8.79. The Kier molecular flexibility index (Phi) is 8.18. The smallest absolute Gasteiger partial charge is 0.314 e. The molecule has 0 amide bonds. The summed E-state index contributed by atoms with van der Waals surface area (Å²) in [6, 6.07) is 14.3. The van der Waals surface area contributed by atoms with Crippen LogP contribution in [-0.4, -0.2) is 19.2 Å². The highest BCUT2D eigenvalue weighted by atomic mass is 19.2. The Bertz CT molecular complexity index is 1200. The topological polar surface area (TPSA) is 44.8 Å². The van der Waals surface area contributed by atoms with E-state index in [0.717, 1.165) is 5.56 Å². The normalized spacial score (nSPS) is 17.5. The second kappa shape index (κ2) is 11.5. The Hall–Kier alpha value is -3.48. The van der Waals surface area contributed by atoms with Gasteiger partial charge < -0.3 is 14.2 Å². The molecule has 7 heteroatoms. The van der Waals surface area contributed by atoms with E-state index in [2.05, 4.69) is 0 Å². The number of carbonyl (C=O) groups is 1. The van der Waals surface area contributed by atoms with Crippen LogP contribution in [0, 0.1) is 23.4 Å². The van der Waals surface area contributed by atoms with Crippen LogP contribution in [-0.2, 0) is 4.79 Å². The fourth-order valence-electron chi connectivity index (χ4n) is 4.63. The molecule has 0 saturated heterocycles. The van der Waals surface area contributed by atoms with Gasteiger partial charge in [-0.2, -0.15) is 4.39 Å². The van der Waals surface area contributed by atoms with Gasteiger partial charge in [0.15, 0.2) is 23.1 Å².